The summed E-state index contributed by atoms with van der Waals surface area (Å²) >= 11 is 0. The second-order valence-corrected chi connectivity index (χ2v) is 5.30. The van der Waals surface area contributed by atoms with Crippen LogP contribution in [-0.4, -0.2) is 12.5 Å². The molecule has 0 saturated heterocycles. The third-order valence-corrected chi connectivity index (χ3v) is 3.73. The van der Waals surface area contributed by atoms with E-state index in [1.54, 1.807) is 18.2 Å². The molecule has 4 nitrogen and oxygen atoms in total. The highest BCUT2D eigenvalue weighted by Crippen LogP contribution is 2.31. The molecule has 0 radical (unpaired) electrons. The highest BCUT2D eigenvalue weighted by atomic mass is 16.1. The Morgan fingerprint density at radius 1 is 1.44 bits per heavy atom. The fourth-order valence-electron chi connectivity index (χ4n) is 2.73. The minimum Gasteiger partial charge on any atom is -0.397 e. The van der Waals surface area contributed by atoms with E-state index in [9.17, 15) is 4.79 Å². The van der Waals surface area contributed by atoms with Gasteiger partial charge in [0.25, 0.3) is 5.91 Å². The second-order valence-electron chi connectivity index (χ2n) is 5.30. The van der Waals surface area contributed by atoms with Crippen molar-refractivity contribution in [1.82, 2.24) is 0 Å². The molecule has 0 aromatic heterocycles. The second kappa shape index (κ2) is 5.29. The molecule has 4 heteroatoms. The van der Waals surface area contributed by atoms with E-state index in [2.05, 4.69) is 12.2 Å². The number of para-hydroxylation sites is 1. The first-order valence-corrected chi connectivity index (χ1v) is 6.50. The molecule has 1 fully saturated rings. The van der Waals surface area contributed by atoms with Crippen LogP contribution in [0, 0.1) is 11.8 Å². The van der Waals surface area contributed by atoms with Crippen molar-refractivity contribution in [2.75, 3.05) is 17.6 Å². The molecule has 1 aliphatic rings. The van der Waals surface area contributed by atoms with Crippen LogP contribution < -0.4 is 16.8 Å². The minimum atomic E-state index is -0.440. The smallest absolute Gasteiger partial charge is 0.250 e. The van der Waals surface area contributed by atoms with Gasteiger partial charge in [-0.25, -0.2) is 0 Å². The molecule has 0 bridgehead atoms. The van der Waals surface area contributed by atoms with Crippen LogP contribution in [0.3, 0.4) is 0 Å². The largest absolute Gasteiger partial charge is 0.397 e. The van der Waals surface area contributed by atoms with Crippen molar-refractivity contribution < 1.29 is 4.79 Å². The highest BCUT2D eigenvalue weighted by Gasteiger charge is 2.21. The molecule has 1 saturated carbocycles. The average Bonchev–Trinajstić information content (AvgIpc) is 2.73. The average molecular weight is 247 g/mol. The van der Waals surface area contributed by atoms with Gasteiger partial charge in [0.15, 0.2) is 0 Å². The number of anilines is 2. The lowest BCUT2D eigenvalue weighted by molar-refractivity contribution is 0.100. The highest BCUT2D eigenvalue weighted by molar-refractivity contribution is 6.01. The van der Waals surface area contributed by atoms with Crippen LogP contribution in [0.1, 0.15) is 36.5 Å². The van der Waals surface area contributed by atoms with Gasteiger partial charge in [-0.05, 0) is 36.8 Å². The Morgan fingerprint density at radius 3 is 2.83 bits per heavy atom. The molecule has 98 valence electrons. The third kappa shape index (κ3) is 2.75. The zero-order valence-electron chi connectivity index (χ0n) is 10.8. The zero-order chi connectivity index (χ0) is 13.1. The summed E-state index contributed by atoms with van der Waals surface area (Å²) in [6.07, 6.45) is 3.78. The number of primary amides is 1. The number of carbonyl (C=O) groups excluding carboxylic acids is 1. The van der Waals surface area contributed by atoms with Gasteiger partial charge in [-0.3, -0.25) is 4.79 Å². The van der Waals surface area contributed by atoms with Gasteiger partial charge >= 0.3 is 0 Å². The standard InChI is InChI=1S/C14H21N3O/c1-9-5-6-10(7-9)8-17-13-11(14(16)18)3-2-4-12(13)15/h2-4,9-10,17H,5-8,15H2,1H3,(H2,16,18). The van der Waals surface area contributed by atoms with Crippen molar-refractivity contribution >= 4 is 17.3 Å². The van der Waals surface area contributed by atoms with Crippen molar-refractivity contribution in [3.8, 4) is 0 Å². The summed E-state index contributed by atoms with van der Waals surface area (Å²) in [5.41, 5.74) is 13.0. The van der Waals surface area contributed by atoms with Crippen molar-refractivity contribution in [1.29, 1.82) is 0 Å². The van der Waals surface area contributed by atoms with Gasteiger partial charge in [0.1, 0.15) is 0 Å². The van der Waals surface area contributed by atoms with Crippen molar-refractivity contribution in [3.63, 3.8) is 0 Å². The zero-order valence-corrected chi connectivity index (χ0v) is 10.8. The predicted octanol–water partition coefficient (Wildman–Crippen LogP) is 2.22. The summed E-state index contributed by atoms with van der Waals surface area (Å²) in [5, 5.41) is 3.30. The van der Waals surface area contributed by atoms with Gasteiger partial charge in [0.05, 0.1) is 16.9 Å². The first-order valence-electron chi connectivity index (χ1n) is 6.50. The van der Waals surface area contributed by atoms with Crippen LogP contribution in [0.2, 0.25) is 0 Å². The Hall–Kier alpha value is -1.71. The van der Waals surface area contributed by atoms with E-state index in [1.807, 2.05) is 0 Å². The van der Waals surface area contributed by atoms with Gasteiger partial charge in [0, 0.05) is 6.54 Å². The van der Waals surface area contributed by atoms with E-state index in [0.29, 0.717) is 22.9 Å². The maximum Gasteiger partial charge on any atom is 0.250 e. The van der Waals surface area contributed by atoms with Crippen LogP contribution in [0.15, 0.2) is 18.2 Å². The molecule has 1 aromatic carbocycles. The number of hydrogen-bond acceptors (Lipinski definition) is 3. The number of hydrogen-bond donors (Lipinski definition) is 3. The van der Waals surface area contributed by atoms with E-state index in [4.69, 9.17) is 11.5 Å². The third-order valence-electron chi connectivity index (χ3n) is 3.73. The number of benzene rings is 1. The van der Waals surface area contributed by atoms with Crippen LogP contribution >= 0.6 is 0 Å². The molecule has 1 amide bonds. The predicted molar refractivity (Wildman–Crippen MR) is 74.4 cm³/mol. The van der Waals surface area contributed by atoms with Gasteiger partial charge < -0.3 is 16.8 Å². The summed E-state index contributed by atoms with van der Waals surface area (Å²) < 4.78 is 0. The summed E-state index contributed by atoms with van der Waals surface area (Å²) in [5.74, 6) is 1.03. The van der Waals surface area contributed by atoms with Crippen molar-refractivity contribution in [3.05, 3.63) is 23.8 Å². The van der Waals surface area contributed by atoms with Crippen LogP contribution in [0.5, 0.6) is 0 Å². The van der Waals surface area contributed by atoms with Crippen LogP contribution in [0.25, 0.3) is 0 Å². The summed E-state index contributed by atoms with van der Waals surface area (Å²) in [7, 11) is 0. The molecule has 1 aromatic rings. The normalized spacial score (nSPS) is 22.9. The van der Waals surface area contributed by atoms with Crippen molar-refractivity contribution in [2.45, 2.75) is 26.2 Å². The first kappa shape index (κ1) is 12.7. The van der Waals surface area contributed by atoms with Gasteiger partial charge in [0.2, 0.25) is 0 Å². The molecule has 0 aliphatic heterocycles. The molecule has 1 aliphatic carbocycles. The molecule has 2 atom stereocenters. The molecule has 18 heavy (non-hydrogen) atoms. The monoisotopic (exact) mass is 247 g/mol. The summed E-state index contributed by atoms with van der Waals surface area (Å²) in [4.78, 5) is 11.3. The van der Waals surface area contributed by atoms with E-state index < -0.39 is 5.91 Å². The quantitative estimate of drug-likeness (QED) is 0.713. The Labute approximate surface area is 108 Å². The number of amides is 1. The van der Waals surface area contributed by atoms with Crippen molar-refractivity contribution in [2.24, 2.45) is 17.6 Å². The SMILES string of the molecule is CC1CCC(CNc2c(N)cccc2C(N)=O)C1. The number of nitrogens with one attached hydrogen (secondary N) is 1. The Bertz CT molecular complexity index is 445. The fourth-order valence-corrected chi connectivity index (χ4v) is 2.73. The summed E-state index contributed by atoms with van der Waals surface area (Å²) in [6.45, 7) is 3.14. The van der Waals surface area contributed by atoms with Crippen LogP contribution in [-0.2, 0) is 0 Å². The summed E-state index contributed by atoms with van der Waals surface area (Å²) in [6, 6.07) is 5.24. The molecular weight excluding hydrogens is 226 g/mol. The van der Waals surface area contributed by atoms with Gasteiger partial charge in [-0.1, -0.05) is 19.4 Å². The number of nitrogens with two attached hydrogens (primary N) is 2. The topological polar surface area (TPSA) is 81.1 Å². The van der Waals surface area contributed by atoms with E-state index in [1.165, 1.54) is 19.3 Å². The lowest BCUT2D eigenvalue weighted by Crippen LogP contribution is -2.18. The number of nitrogen functional groups attached to an aromatic ring is 1. The molecule has 0 spiro atoms. The van der Waals surface area contributed by atoms with Crippen LogP contribution in [0.4, 0.5) is 11.4 Å². The Kier molecular flexibility index (Phi) is 3.75. The lowest BCUT2D eigenvalue weighted by Gasteiger charge is -2.16. The number of carbonyl (C=O) groups is 1. The minimum absolute atomic E-state index is 0.440. The Morgan fingerprint density at radius 2 is 2.22 bits per heavy atom. The van der Waals surface area contributed by atoms with E-state index in [-0.39, 0.29) is 0 Å². The molecular formula is C14H21N3O. The number of rotatable bonds is 4. The van der Waals surface area contributed by atoms with Gasteiger partial charge in [-0.2, -0.15) is 0 Å². The molecule has 2 unspecified atom stereocenters. The lowest BCUT2D eigenvalue weighted by atomic mass is 10.1. The van der Waals surface area contributed by atoms with E-state index in [0.717, 1.165) is 12.5 Å². The molecule has 0 heterocycles. The first-order chi connectivity index (χ1) is 8.58. The maximum atomic E-state index is 11.3. The van der Waals surface area contributed by atoms with E-state index >= 15 is 0 Å². The van der Waals surface area contributed by atoms with Gasteiger partial charge in [-0.15, -0.1) is 0 Å². The Balaban J connectivity index is 2.06. The molecule has 5 N–H and O–H groups in total. The fraction of sp³-hybridized carbons (Fsp3) is 0.500. The maximum absolute atomic E-state index is 11.3. The molecule has 2 rings (SSSR count).